The predicted octanol–water partition coefficient (Wildman–Crippen LogP) is 5.25. The van der Waals surface area contributed by atoms with E-state index in [0.29, 0.717) is 6.61 Å². The fourth-order valence-corrected chi connectivity index (χ4v) is 1.57. The topological polar surface area (TPSA) is 9.23 Å². The van der Waals surface area contributed by atoms with Crippen molar-refractivity contribution in [3.05, 3.63) is 64.7 Å². The molecule has 0 aliphatic rings. The van der Waals surface area contributed by atoms with Crippen LogP contribution in [-0.4, -0.2) is 0 Å². The summed E-state index contributed by atoms with van der Waals surface area (Å²) in [5.41, 5.74) is 2.22. The number of halogens is 1. The van der Waals surface area contributed by atoms with Crippen LogP contribution in [0, 0.1) is 6.92 Å². The molecule has 2 aromatic rings. The van der Waals surface area contributed by atoms with E-state index in [9.17, 15) is 0 Å². The smallest absolute Gasteiger partial charge is 0.121 e. The minimum Gasteiger partial charge on any atom is -0.489 e. The lowest BCUT2D eigenvalue weighted by atomic mass is 10.2. The summed E-state index contributed by atoms with van der Waals surface area (Å²) in [7, 11) is 0. The van der Waals surface area contributed by atoms with Crippen molar-refractivity contribution in [2.24, 2.45) is 0 Å². The van der Waals surface area contributed by atoms with E-state index in [1.807, 2.05) is 69.3 Å². The number of ether oxygens (including phenoxy) is 1. The average molecular weight is 263 g/mol. The van der Waals surface area contributed by atoms with Crippen LogP contribution in [0.25, 0.3) is 0 Å². The van der Waals surface area contributed by atoms with Crippen LogP contribution in [0.4, 0.5) is 0 Å². The van der Waals surface area contributed by atoms with Crippen LogP contribution in [0.2, 0.25) is 5.02 Å². The molecule has 0 heterocycles. The molecule has 0 atom stereocenters. The minimum atomic E-state index is 0.570. The summed E-state index contributed by atoms with van der Waals surface area (Å²) in [5, 5.41) is 0.741. The molecule has 2 rings (SSSR count). The van der Waals surface area contributed by atoms with Gasteiger partial charge in [0.15, 0.2) is 0 Å². The molecule has 0 bridgehead atoms. The average Bonchev–Trinajstić information content (AvgIpc) is 2.44. The Hall–Kier alpha value is -1.47. The molecule has 0 unspecified atom stereocenters. The van der Waals surface area contributed by atoms with Crippen LogP contribution in [0.15, 0.2) is 48.5 Å². The van der Waals surface area contributed by atoms with Gasteiger partial charge in [0.25, 0.3) is 0 Å². The Morgan fingerprint density at radius 3 is 2.28 bits per heavy atom. The molecule has 18 heavy (non-hydrogen) atoms. The second-order valence-electron chi connectivity index (χ2n) is 3.69. The van der Waals surface area contributed by atoms with Gasteiger partial charge < -0.3 is 4.74 Å². The molecule has 0 saturated carbocycles. The molecule has 2 heteroatoms. The zero-order valence-electron chi connectivity index (χ0n) is 11.1. The Bertz CT molecular complexity index is 466. The molecule has 0 amide bonds. The van der Waals surface area contributed by atoms with Gasteiger partial charge in [0.2, 0.25) is 0 Å². The van der Waals surface area contributed by atoms with Gasteiger partial charge in [0.1, 0.15) is 12.4 Å². The molecule has 0 aromatic heterocycles. The van der Waals surface area contributed by atoms with Gasteiger partial charge in [-0.05, 0) is 30.2 Å². The quantitative estimate of drug-likeness (QED) is 0.734. The van der Waals surface area contributed by atoms with Crippen LogP contribution < -0.4 is 4.74 Å². The molecule has 0 aliphatic carbocycles. The molecule has 0 spiro atoms. The van der Waals surface area contributed by atoms with E-state index in [1.54, 1.807) is 0 Å². The molecule has 1 nitrogen and oxygen atoms in total. The fraction of sp³-hybridized carbons (Fsp3) is 0.250. The van der Waals surface area contributed by atoms with Crippen molar-refractivity contribution in [1.29, 1.82) is 0 Å². The van der Waals surface area contributed by atoms with Crippen LogP contribution in [0.3, 0.4) is 0 Å². The standard InChI is InChI=1S/C14H13ClO.C2H6/c1-11-7-8-13(9-14(11)15)16-10-12-5-3-2-4-6-12;1-2/h2-9H,10H2,1H3;1-2H3. The van der Waals surface area contributed by atoms with E-state index in [0.717, 1.165) is 21.9 Å². The second-order valence-corrected chi connectivity index (χ2v) is 4.09. The molecule has 96 valence electrons. The maximum absolute atomic E-state index is 6.02. The second kappa shape index (κ2) is 7.78. The summed E-state index contributed by atoms with van der Waals surface area (Å²) in [6.45, 7) is 6.55. The number of aryl methyl sites for hydroxylation is 1. The van der Waals surface area contributed by atoms with Crippen molar-refractivity contribution >= 4 is 11.6 Å². The first-order valence-electron chi connectivity index (χ1n) is 6.18. The van der Waals surface area contributed by atoms with E-state index in [-0.39, 0.29) is 0 Å². The van der Waals surface area contributed by atoms with E-state index >= 15 is 0 Å². The molecular formula is C16H19ClO. The number of hydrogen-bond donors (Lipinski definition) is 0. The van der Waals surface area contributed by atoms with Gasteiger partial charge >= 0.3 is 0 Å². The Morgan fingerprint density at radius 1 is 1.00 bits per heavy atom. The van der Waals surface area contributed by atoms with E-state index in [2.05, 4.69) is 0 Å². The Labute approximate surface area is 114 Å². The summed E-state index contributed by atoms with van der Waals surface area (Å²) in [4.78, 5) is 0. The molecule has 0 saturated heterocycles. The summed E-state index contributed by atoms with van der Waals surface area (Å²) in [6, 6.07) is 15.8. The van der Waals surface area contributed by atoms with Gasteiger partial charge in [-0.2, -0.15) is 0 Å². The van der Waals surface area contributed by atoms with Crippen LogP contribution in [0.5, 0.6) is 5.75 Å². The molecule has 0 aliphatic heterocycles. The summed E-state index contributed by atoms with van der Waals surface area (Å²) in [5.74, 6) is 0.805. The molecule has 0 fully saturated rings. The van der Waals surface area contributed by atoms with Gasteiger partial charge in [-0.1, -0.05) is 61.8 Å². The zero-order chi connectivity index (χ0) is 13.4. The lowest BCUT2D eigenvalue weighted by Gasteiger charge is -2.07. The lowest BCUT2D eigenvalue weighted by Crippen LogP contribution is -1.94. The Kier molecular flexibility index (Phi) is 6.31. The lowest BCUT2D eigenvalue weighted by molar-refractivity contribution is 0.306. The molecule has 2 aromatic carbocycles. The highest BCUT2D eigenvalue weighted by Gasteiger charge is 1.99. The summed E-state index contributed by atoms with van der Waals surface area (Å²) >= 11 is 6.02. The molecule has 0 radical (unpaired) electrons. The van der Waals surface area contributed by atoms with E-state index < -0.39 is 0 Å². The van der Waals surface area contributed by atoms with Gasteiger partial charge in [0.05, 0.1) is 0 Å². The van der Waals surface area contributed by atoms with Crippen molar-refractivity contribution in [3.8, 4) is 5.75 Å². The maximum Gasteiger partial charge on any atom is 0.121 e. The highest BCUT2D eigenvalue weighted by Crippen LogP contribution is 2.22. The van der Waals surface area contributed by atoms with Crippen molar-refractivity contribution in [2.75, 3.05) is 0 Å². The van der Waals surface area contributed by atoms with Crippen molar-refractivity contribution in [3.63, 3.8) is 0 Å². The highest BCUT2D eigenvalue weighted by molar-refractivity contribution is 6.31. The number of hydrogen-bond acceptors (Lipinski definition) is 1. The van der Waals surface area contributed by atoms with E-state index in [4.69, 9.17) is 16.3 Å². The van der Waals surface area contributed by atoms with Crippen molar-refractivity contribution in [1.82, 2.24) is 0 Å². The van der Waals surface area contributed by atoms with Crippen molar-refractivity contribution < 1.29 is 4.74 Å². The maximum atomic E-state index is 6.02. The molecule has 0 N–H and O–H groups in total. The van der Waals surface area contributed by atoms with Gasteiger partial charge in [-0.25, -0.2) is 0 Å². The van der Waals surface area contributed by atoms with Crippen LogP contribution in [0.1, 0.15) is 25.0 Å². The normalized spacial score (nSPS) is 9.33. The third kappa shape index (κ3) is 4.42. The number of benzene rings is 2. The first-order valence-corrected chi connectivity index (χ1v) is 6.56. The Balaban J connectivity index is 0.000000771. The first-order chi connectivity index (χ1) is 8.75. The van der Waals surface area contributed by atoms with Gasteiger partial charge in [-0.3, -0.25) is 0 Å². The summed E-state index contributed by atoms with van der Waals surface area (Å²) in [6.07, 6.45) is 0. The SMILES string of the molecule is CC.Cc1ccc(OCc2ccccc2)cc1Cl. The van der Waals surface area contributed by atoms with Crippen LogP contribution in [-0.2, 0) is 6.61 Å². The largest absolute Gasteiger partial charge is 0.489 e. The highest BCUT2D eigenvalue weighted by atomic mass is 35.5. The van der Waals surface area contributed by atoms with Crippen LogP contribution >= 0.6 is 11.6 Å². The summed E-state index contributed by atoms with van der Waals surface area (Å²) < 4.78 is 5.64. The third-order valence-corrected chi connectivity index (χ3v) is 2.80. The monoisotopic (exact) mass is 262 g/mol. The predicted molar refractivity (Wildman–Crippen MR) is 78.3 cm³/mol. The fourth-order valence-electron chi connectivity index (χ4n) is 1.40. The minimum absolute atomic E-state index is 0.570. The zero-order valence-corrected chi connectivity index (χ0v) is 11.9. The van der Waals surface area contributed by atoms with Gasteiger partial charge in [0, 0.05) is 5.02 Å². The third-order valence-electron chi connectivity index (χ3n) is 2.39. The molecular weight excluding hydrogens is 244 g/mol. The first kappa shape index (κ1) is 14.6. The van der Waals surface area contributed by atoms with Gasteiger partial charge in [-0.15, -0.1) is 0 Å². The number of rotatable bonds is 3. The Morgan fingerprint density at radius 2 is 1.67 bits per heavy atom. The van der Waals surface area contributed by atoms with E-state index in [1.165, 1.54) is 0 Å². The van der Waals surface area contributed by atoms with Crippen molar-refractivity contribution in [2.45, 2.75) is 27.4 Å².